The Hall–Kier alpha value is -1.51. The predicted octanol–water partition coefficient (Wildman–Crippen LogP) is 14.1. The van der Waals surface area contributed by atoms with Gasteiger partial charge in [-0.1, -0.05) is 179 Å². The van der Waals surface area contributed by atoms with E-state index in [9.17, 15) is 19.0 Å². The summed E-state index contributed by atoms with van der Waals surface area (Å²) < 4.78 is 34.0. The Morgan fingerprint density at radius 3 is 1.23 bits per heavy atom. The summed E-state index contributed by atoms with van der Waals surface area (Å²) in [5.41, 5.74) is 0. The molecule has 354 valence electrons. The average molecular weight is 870 g/mol. The predicted molar refractivity (Wildman–Crippen MR) is 250 cm³/mol. The van der Waals surface area contributed by atoms with Gasteiger partial charge in [-0.15, -0.1) is 0 Å². The molecule has 10 heteroatoms. The molecule has 0 aliphatic carbocycles. The quantitative estimate of drug-likeness (QED) is 0.0195. The summed E-state index contributed by atoms with van der Waals surface area (Å²) in [7, 11) is 1.17. The zero-order valence-corrected chi connectivity index (χ0v) is 40.8. The molecule has 9 nitrogen and oxygen atoms in total. The molecule has 0 fully saturated rings. The van der Waals surface area contributed by atoms with Crippen LogP contribution in [0, 0.1) is 0 Å². The lowest BCUT2D eigenvalue weighted by atomic mass is 10.1. The van der Waals surface area contributed by atoms with E-state index in [4.69, 9.17) is 18.5 Å². The third-order valence-electron chi connectivity index (χ3n) is 10.9. The Morgan fingerprint density at radius 2 is 0.850 bits per heavy atom. The molecular weight excluding hydrogens is 774 g/mol. The van der Waals surface area contributed by atoms with Crippen LogP contribution >= 0.6 is 7.82 Å². The molecule has 2 unspecified atom stereocenters. The van der Waals surface area contributed by atoms with Crippen LogP contribution in [0.15, 0.2) is 24.3 Å². The van der Waals surface area contributed by atoms with Gasteiger partial charge in [-0.2, -0.15) is 0 Å². The molecule has 0 saturated heterocycles. The van der Waals surface area contributed by atoms with E-state index >= 15 is 0 Å². The zero-order valence-electron chi connectivity index (χ0n) is 39.9. The minimum atomic E-state index is -4.63. The zero-order chi connectivity index (χ0) is 44.3. The molecule has 2 atom stereocenters. The number of phosphoric acid groups is 1. The van der Waals surface area contributed by atoms with Gasteiger partial charge in [0.1, 0.15) is 19.8 Å². The Balaban J connectivity index is 4.25. The number of quaternary nitrogens is 1. The number of rotatable bonds is 46. The van der Waals surface area contributed by atoms with Crippen molar-refractivity contribution in [2.24, 2.45) is 0 Å². The van der Waals surface area contributed by atoms with Gasteiger partial charge in [0.2, 0.25) is 0 Å². The first kappa shape index (κ1) is 58.5. The molecule has 0 aromatic carbocycles. The minimum absolute atomic E-state index is 0.0310. The smallest absolute Gasteiger partial charge is 0.306 e. The van der Waals surface area contributed by atoms with Crippen LogP contribution in [0.5, 0.6) is 0 Å². The van der Waals surface area contributed by atoms with E-state index in [0.717, 1.165) is 57.8 Å². The van der Waals surface area contributed by atoms with Crippen LogP contribution in [-0.4, -0.2) is 70.0 Å². The van der Waals surface area contributed by atoms with Crippen LogP contribution in [0.3, 0.4) is 0 Å². The van der Waals surface area contributed by atoms with Crippen LogP contribution in [0.1, 0.15) is 232 Å². The monoisotopic (exact) mass is 870 g/mol. The topological polar surface area (TPSA) is 111 Å². The van der Waals surface area contributed by atoms with Crippen molar-refractivity contribution < 1.29 is 42.1 Å². The van der Waals surface area contributed by atoms with E-state index < -0.39 is 26.5 Å². The number of esters is 2. The third kappa shape index (κ3) is 46.0. The molecular formula is C50H96NO8P. The molecule has 0 aliphatic heterocycles. The van der Waals surface area contributed by atoms with Gasteiger partial charge in [0.15, 0.2) is 6.10 Å². The van der Waals surface area contributed by atoms with Crippen LogP contribution in [0.25, 0.3) is 0 Å². The van der Waals surface area contributed by atoms with Crippen LogP contribution in [0.2, 0.25) is 0 Å². The largest absolute Gasteiger partial charge is 0.756 e. The maximum Gasteiger partial charge on any atom is 0.306 e. The average Bonchev–Trinajstić information content (AvgIpc) is 3.20. The molecule has 0 aromatic rings. The van der Waals surface area contributed by atoms with Gasteiger partial charge in [0.05, 0.1) is 27.7 Å². The van der Waals surface area contributed by atoms with Crippen LogP contribution < -0.4 is 4.89 Å². The number of likely N-dealkylation sites (N-methyl/N-ethyl adjacent to an activating group) is 1. The Kier molecular flexibility index (Phi) is 41.7. The van der Waals surface area contributed by atoms with E-state index in [0.29, 0.717) is 17.4 Å². The number of ether oxygens (including phenoxy) is 2. The van der Waals surface area contributed by atoms with Gasteiger partial charge in [-0.3, -0.25) is 14.2 Å². The lowest BCUT2D eigenvalue weighted by Crippen LogP contribution is -2.37. The van der Waals surface area contributed by atoms with Gasteiger partial charge in [-0.25, -0.2) is 0 Å². The summed E-state index contributed by atoms with van der Waals surface area (Å²) in [5, 5.41) is 0. The second kappa shape index (κ2) is 42.8. The molecule has 0 radical (unpaired) electrons. The van der Waals surface area contributed by atoms with Crippen LogP contribution in [-0.2, 0) is 32.7 Å². The summed E-state index contributed by atoms with van der Waals surface area (Å²) >= 11 is 0. The second-order valence-corrected chi connectivity index (χ2v) is 19.6. The highest BCUT2D eigenvalue weighted by Gasteiger charge is 2.21. The van der Waals surface area contributed by atoms with Gasteiger partial charge in [0, 0.05) is 12.8 Å². The van der Waals surface area contributed by atoms with E-state index in [2.05, 4.69) is 38.2 Å². The van der Waals surface area contributed by atoms with E-state index in [1.807, 2.05) is 21.1 Å². The normalized spacial score (nSPS) is 13.6. The van der Waals surface area contributed by atoms with Crippen molar-refractivity contribution in [1.82, 2.24) is 0 Å². The molecule has 0 N–H and O–H groups in total. The Morgan fingerprint density at radius 1 is 0.500 bits per heavy atom. The number of carbonyl (C=O) groups excluding carboxylic acids is 2. The van der Waals surface area contributed by atoms with Crippen molar-refractivity contribution in [3.05, 3.63) is 24.3 Å². The summed E-state index contributed by atoms with van der Waals surface area (Å²) in [4.78, 5) is 37.7. The van der Waals surface area contributed by atoms with Crippen LogP contribution in [0.4, 0.5) is 0 Å². The number of allylic oxidation sites excluding steroid dienone is 4. The standard InChI is InChI=1S/C50H96NO8P/c1-6-8-10-12-14-16-18-20-22-23-24-25-26-27-29-31-33-35-37-39-41-43-50(53)59-48(47-58-60(54,55)57-45-44-51(3,4)5)46-56-49(52)42-40-38-36-34-32-30-28-21-19-17-15-13-11-9-7-2/h21,23-24,28,48H,6-20,22,25-27,29-47H2,1-5H3/b24-23-,28-21-. The Labute approximate surface area is 370 Å². The van der Waals surface area contributed by atoms with Crippen molar-refractivity contribution in [1.29, 1.82) is 0 Å². The highest BCUT2D eigenvalue weighted by atomic mass is 31.2. The van der Waals surface area contributed by atoms with Crippen molar-refractivity contribution in [3.63, 3.8) is 0 Å². The molecule has 0 aromatic heterocycles. The van der Waals surface area contributed by atoms with E-state index in [1.54, 1.807) is 0 Å². The lowest BCUT2D eigenvalue weighted by molar-refractivity contribution is -0.870. The molecule has 0 bridgehead atoms. The molecule has 60 heavy (non-hydrogen) atoms. The maximum atomic E-state index is 12.7. The number of hydrogen-bond acceptors (Lipinski definition) is 8. The number of hydrogen-bond donors (Lipinski definition) is 0. The van der Waals surface area contributed by atoms with Gasteiger partial charge < -0.3 is 27.9 Å². The van der Waals surface area contributed by atoms with Gasteiger partial charge in [0.25, 0.3) is 7.82 Å². The van der Waals surface area contributed by atoms with Crippen molar-refractivity contribution >= 4 is 19.8 Å². The summed E-state index contributed by atoms with van der Waals surface area (Å²) in [6, 6.07) is 0. The van der Waals surface area contributed by atoms with Crippen molar-refractivity contribution in [2.75, 3.05) is 47.5 Å². The first-order valence-electron chi connectivity index (χ1n) is 25.0. The molecule has 0 amide bonds. The fraction of sp³-hybridized carbons (Fsp3) is 0.880. The van der Waals surface area contributed by atoms with Gasteiger partial charge >= 0.3 is 11.9 Å². The van der Waals surface area contributed by atoms with E-state index in [1.165, 1.54) is 141 Å². The number of phosphoric ester groups is 1. The molecule has 0 rings (SSSR count). The van der Waals surface area contributed by atoms with Crippen molar-refractivity contribution in [3.8, 4) is 0 Å². The maximum absolute atomic E-state index is 12.7. The molecule has 0 saturated carbocycles. The first-order chi connectivity index (χ1) is 29.0. The summed E-state index contributed by atoms with van der Waals surface area (Å²) in [6.45, 7) is 4.24. The Bertz CT molecular complexity index is 1070. The fourth-order valence-corrected chi connectivity index (χ4v) is 7.73. The highest BCUT2D eigenvalue weighted by Crippen LogP contribution is 2.38. The first-order valence-corrected chi connectivity index (χ1v) is 26.5. The van der Waals surface area contributed by atoms with Crippen molar-refractivity contribution in [2.45, 2.75) is 238 Å². The SMILES string of the molecule is CCCCCCCC/C=C\CCCCCCCC(=O)OCC(COP(=O)([O-])OCC[N+](C)(C)C)OC(=O)CCCCCCCCCCC/C=C\CCCCCCCCCC. The van der Waals surface area contributed by atoms with E-state index in [-0.39, 0.29) is 32.0 Å². The fourth-order valence-electron chi connectivity index (χ4n) is 7.00. The summed E-state index contributed by atoms with van der Waals surface area (Å²) in [5.74, 6) is -0.838. The summed E-state index contributed by atoms with van der Waals surface area (Å²) in [6.07, 6.45) is 47.7. The molecule has 0 heterocycles. The molecule has 0 spiro atoms. The number of carbonyl (C=O) groups is 2. The third-order valence-corrected chi connectivity index (χ3v) is 11.9. The lowest BCUT2D eigenvalue weighted by Gasteiger charge is -2.28. The minimum Gasteiger partial charge on any atom is -0.756 e. The van der Waals surface area contributed by atoms with Gasteiger partial charge in [-0.05, 0) is 64.2 Å². The second-order valence-electron chi connectivity index (χ2n) is 18.2. The molecule has 0 aliphatic rings. The number of unbranched alkanes of at least 4 members (excludes halogenated alkanes) is 28. The highest BCUT2D eigenvalue weighted by molar-refractivity contribution is 7.45. The number of nitrogens with zero attached hydrogens (tertiary/aromatic N) is 1.